The summed E-state index contributed by atoms with van der Waals surface area (Å²) in [6.07, 6.45) is 34.3. The van der Waals surface area contributed by atoms with E-state index >= 15 is 26.3 Å². The SMILES string of the molecule is CCCCCCCCCCN1C2CC(F)C3CC2C2CC(C(F)CC21)N1C=C(NN1)C1CC2C4CC(C(F)CC4N(CCCCCCCCCC)C2CC1F)N1C=C(NN1)C1CC2C4CC(C(F)CC4N(CCCCCCCCCC)C2CC1F)N1C=C3NN1. The van der Waals surface area contributed by atoms with Crippen LogP contribution >= 0.6 is 0 Å². The van der Waals surface area contributed by atoms with Crippen LogP contribution in [0.25, 0.3) is 0 Å². The predicted molar refractivity (Wildman–Crippen MR) is 347 cm³/mol. The minimum Gasteiger partial charge on any atom is -0.306 e. The molecule has 18 bridgehead atoms. The van der Waals surface area contributed by atoms with Gasteiger partial charge >= 0.3 is 0 Å². The van der Waals surface area contributed by atoms with Crippen LogP contribution in [0.15, 0.2) is 35.7 Å². The number of nitrogens with one attached hydrogen (secondary N) is 6. The molecule has 0 aromatic carbocycles. The Hall–Kier alpha value is -2.64. The molecule has 0 amide bonds. The van der Waals surface area contributed by atoms with Crippen molar-refractivity contribution in [2.24, 2.45) is 53.3 Å². The van der Waals surface area contributed by atoms with Crippen molar-refractivity contribution in [2.45, 2.75) is 343 Å². The zero-order chi connectivity index (χ0) is 62.0. The standard InChI is InChI=1S/C72H120F6N12/c1-4-7-10-13-16-19-22-25-28-85-64-37-55(73)52-31-46(64)49-34-70(58(76)40-67(49)85)88-44-62(80-82-88)53-32-47-51-36-72(60(78)42-69(51)86(65(47)38-56(53)74)29-26-23-20-17-14-11-8-5-2)90-45-63(81-84-90)54-33-48-50-35-71(89-43-61(52)79-83-89)59(77)41-68(50)87(66(48)39-57(54)75)30-27-24-21-18-15-12-9-6-3/h43-60,64-72,79-84H,4-42H2,1-3H3. The third kappa shape index (κ3) is 13.7. The Morgan fingerprint density at radius 1 is 0.278 bits per heavy atom. The maximum absolute atomic E-state index is 17.4. The predicted octanol–water partition coefficient (Wildman–Crippen LogP) is 14.5. The van der Waals surface area contributed by atoms with E-state index in [0.717, 1.165) is 75.3 Å². The quantitative estimate of drug-likeness (QED) is 0.0350. The third-order valence-electron chi connectivity index (χ3n) is 26.6. The van der Waals surface area contributed by atoms with Gasteiger partial charge in [-0.25, -0.2) is 26.3 Å². The van der Waals surface area contributed by atoms with Crippen molar-refractivity contribution in [1.82, 2.24) is 62.6 Å². The lowest BCUT2D eigenvalue weighted by Gasteiger charge is -2.42. The second-order valence-corrected chi connectivity index (χ2v) is 31.7. The van der Waals surface area contributed by atoms with E-state index in [4.69, 9.17) is 0 Å². The number of hydrogen-bond acceptors (Lipinski definition) is 12. The zero-order valence-electron chi connectivity index (χ0n) is 55.6. The summed E-state index contributed by atoms with van der Waals surface area (Å²) >= 11 is 0. The molecule has 24 atom stereocenters. The lowest BCUT2D eigenvalue weighted by Crippen LogP contribution is -2.54. The van der Waals surface area contributed by atoms with Crippen LogP contribution in [0.2, 0.25) is 0 Å². The number of likely N-dealkylation sites (tertiary alicyclic amines) is 3. The molecule has 90 heavy (non-hydrogen) atoms. The van der Waals surface area contributed by atoms with Crippen molar-refractivity contribution >= 4 is 0 Å². The minimum absolute atomic E-state index is 0.0168. The topological polar surface area (TPSA) is 91.6 Å². The van der Waals surface area contributed by atoms with E-state index in [1.54, 1.807) is 0 Å². The summed E-state index contributed by atoms with van der Waals surface area (Å²) in [6, 6.07) is -1.33. The summed E-state index contributed by atoms with van der Waals surface area (Å²) in [4.78, 5) is 7.67. The van der Waals surface area contributed by atoms with E-state index in [-0.39, 0.29) is 71.8 Å². The van der Waals surface area contributed by atoms with Gasteiger partial charge in [-0.05, 0) is 151 Å². The average Bonchev–Trinajstić information content (AvgIpc) is 1.61. The summed E-state index contributed by atoms with van der Waals surface area (Å²) in [5, 5.41) is 5.77. The molecule has 24 unspecified atom stereocenters. The first-order valence-corrected chi connectivity index (χ1v) is 38.2. The highest BCUT2D eigenvalue weighted by atomic mass is 19.2. The fourth-order valence-corrected chi connectivity index (χ4v) is 22.0. The molecule has 0 radical (unpaired) electrons. The van der Waals surface area contributed by atoms with Gasteiger partial charge in [-0.1, -0.05) is 156 Å². The second-order valence-electron chi connectivity index (χ2n) is 31.7. The maximum Gasteiger partial charge on any atom is 0.123 e. The molecule has 9 fully saturated rings. The fraction of sp³-hybridized carbons (Fsp3) is 0.917. The Kier molecular flexibility index (Phi) is 22.1. The normalized spacial score (nSPS) is 42.0. The monoisotopic (exact) mass is 1270 g/mol. The Morgan fingerprint density at radius 3 is 0.756 bits per heavy atom. The van der Waals surface area contributed by atoms with E-state index in [1.165, 1.54) is 116 Å². The molecule has 7 heterocycles. The highest BCUT2D eigenvalue weighted by Crippen LogP contribution is 2.58. The first kappa shape index (κ1) is 66.0. The first-order chi connectivity index (χ1) is 44.0. The van der Waals surface area contributed by atoms with Crippen molar-refractivity contribution in [3.63, 3.8) is 0 Å². The van der Waals surface area contributed by atoms with Crippen LogP contribution in [0.3, 0.4) is 0 Å². The van der Waals surface area contributed by atoms with Gasteiger partial charge in [0.2, 0.25) is 0 Å². The molecule has 13 rings (SSSR count). The molecule has 0 spiro atoms. The second kappa shape index (κ2) is 30.2. The molecule has 6 saturated carbocycles. The van der Waals surface area contributed by atoms with Crippen molar-refractivity contribution in [2.75, 3.05) is 19.6 Å². The van der Waals surface area contributed by atoms with Crippen LogP contribution in [-0.4, -0.2) is 141 Å². The van der Waals surface area contributed by atoms with Gasteiger partial charge < -0.3 is 16.3 Å². The summed E-state index contributed by atoms with van der Waals surface area (Å²) in [5.41, 5.74) is 22.7. The summed E-state index contributed by atoms with van der Waals surface area (Å²) in [6.45, 7) is 9.34. The summed E-state index contributed by atoms with van der Waals surface area (Å²) in [5.74, 6) is -0.332. The molecule has 12 nitrogen and oxygen atoms in total. The van der Waals surface area contributed by atoms with Gasteiger partial charge in [-0.2, -0.15) is 0 Å². The first-order valence-electron chi connectivity index (χ1n) is 38.2. The highest BCUT2D eigenvalue weighted by molar-refractivity contribution is 5.23. The molecule has 6 aliphatic carbocycles. The molecule has 13 aliphatic rings. The molecular formula is C72H120F6N12. The molecule has 0 aromatic rings. The van der Waals surface area contributed by atoms with Crippen molar-refractivity contribution in [1.29, 1.82) is 0 Å². The number of nitrogens with zero attached hydrogens (tertiary/aromatic N) is 6. The van der Waals surface area contributed by atoms with Crippen molar-refractivity contribution in [3.05, 3.63) is 35.7 Å². The third-order valence-corrected chi connectivity index (χ3v) is 26.6. The summed E-state index contributed by atoms with van der Waals surface area (Å²) in [7, 11) is 0. The number of rotatable bonds is 27. The van der Waals surface area contributed by atoms with E-state index in [1.807, 2.05) is 33.6 Å². The van der Waals surface area contributed by atoms with Gasteiger partial charge in [-0.15, -0.1) is 16.6 Å². The largest absolute Gasteiger partial charge is 0.306 e. The van der Waals surface area contributed by atoms with Gasteiger partial charge in [0.05, 0.1) is 35.2 Å². The Morgan fingerprint density at radius 2 is 0.500 bits per heavy atom. The molecule has 510 valence electrons. The Labute approximate surface area is 538 Å². The number of unbranched alkanes of at least 4 members (excludes halogenated alkanes) is 21. The number of fused-ring (bicyclic) bond motifs is 15. The molecule has 18 heteroatoms. The molecular weight excluding hydrogens is 1150 g/mol. The van der Waals surface area contributed by atoms with Crippen LogP contribution in [0.1, 0.15) is 252 Å². The van der Waals surface area contributed by atoms with E-state index in [0.29, 0.717) is 77.0 Å². The molecule has 6 N–H and O–H groups in total. The Balaban J connectivity index is 0.793. The lowest BCUT2D eigenvalue weighted by molar-refractivity contribution is 0.0195. The zero-order valence-corrected chi connectivity index (χ0v) is 55.6. The number of halogens is 6. The number of hydrazine groups is 6. The molecule has 3 saturated heterocycles. The van der Waals surface area contributed by atoms with Crippen LogP contribution in [0.5, 0.6) is 0 Å². The van der Waals surface area contributed by atoms with Crippen LogP contribution in [0, 0.1) is 53.3 Å². The van der Waals surface area contributed by atoms with Gasteiger partial charge in [0.1, 0.15) is 37.0 Å². The fourth-order valence-electron chi connectivity index (χ4n) is 22.0. The Bertz CT molecular complexity index is 2140. The van der Waals surface area contributed by atoms with E-state index in [9.17, 15) is 0 Å². The van der Waals surface area contributed by atoms with Crippen LogP contribution < -0.4 is 32.9 Å². The number of alkyl halides is 6. The molecule has 0 aromatic heterocycles. The maximum atomic E-state index is 17.4. The minimum atomic E-state index is -1.14. The van der Waals surface area contributed by atoms with Crippen molar-refractivity contribution < 1.29 is 26.3 Å². The van der Waals surface area contributed by atoms with E-state index < -0.39 is 72.9 Å². The number of allylic oxidation sites excluding steroid dienone is 3. The highest BCUT2D eigenvalue weighted by Gasteiger charge is 2.62. The van der Waals surface area contributed by atoms with Gasteiger partial charge in [0.25, 0.3) is 0 Å². The van der Waals surface area contributed by atoms with Crippen LogP contribution in [-0.2, 0) is 0 Å². The average molecular weight is 1270 g/mol. The van der Waals surface area contributed by atoms with Gasteiger partial charge in [0.15, 0.2) is 0 Å². The van der Waals surface area contributed by atoms with Crippen molar-refractivity contribution in [3.8, 4) is 0 Å². The van der Waals surface area contributed by atoms with E-state index in [2.05, 4.69) is 68.4 Å². The number of hydrogen-bond donors (Lipinski definition) is 6. The molecule has 7 aliphatic heterocycles. The van der Waals surface area contributed by atoms with Crippen LogP contribution in [0.4, 0.5) is 26.3 Å². The lowest BCUT2D eigenvalue weighted by atomic mass is 9.67. The van der Waals surface area contributed by atoms with Gasteiger partial charge in [-0.3, -0.25) is 29.7 Å². The van der Waals surface area contributed by atoms with Gasteiger partial charge in [0, 0.05) is 72.6 Å². The smallest absolute Gasteiger partial charge is 0.123 e. The summed E-state index contributed by atoms with van der Waals surface area (Å²) < 4.78 is 104.